The molecule has 0 bridgehead atoms. The van der Waals surface area contributed by atoms with Gasteiger partial charge in [-0.1, -0.05) is 13.8 Å². The van der Waals surface area contributed by atoms with Gasteiger partial charge < -0.3 is 5.11 Å². The van der Waals surface area contributed by atoms with Crippen molar-refractivity contribution in [2.24, 2.45) is 5.92 Å². The second-order valence-electron chi connectivity index (χ2n) is 5.86. The van der Waals surface area contributed by atoms with Crippen LogP contribution in [0, 0.1) is 5.92 Å². The summed E-state index contributed by atoms with van der Waals surface area (Å²) in [5.41, 5.74) is -0.769. The Morgan fingerprint density at radius 3 is 2.95 bits per heavy atom. The number of aromatic nitrogens is 3. The second kappa shape index (κ2) is 5.28. The quantitative estimate of drug-likeness (QED) is 0.871. The molecule has 0 saturated carbocycles. The summed E-state index contributed by atoms with van der Waals surface area (Å²) in [6.07, 6.45) is 3.16. The van der Waals surface area contributed by atoms with Gasteiger partial charge >= 0.3 is 5.97 Å². The van der Waals surface area contributed by atoms with Crippen molar-refractivity contribution in [1.29, 1.82) is 0 Å². The van der Waals surface area contributed by atoms with Gasteiger partial charge in [0.15, 0.2) is 0 Å². The Morgan fingerprint density at radius 1 is 1.58 bits per heavy atom. The van der Waals surface area contributed by atoms with Gasteiger partial charge in [0.2, 0.25) is 0 Å². The molecule has 1 N–H and O–H groups in total. The third kappa shape index (κ3) is 2.78. The van der Waals surface area contributed by atoms with Crippen LogP contribution in [-0.4, -0.2) is 42.8 Å². The predicted molar refractivity (Wildman–Crippen MR) is 70.5 cm³/mol. The first kappa shape index (κ1) is 14.0. The van der Waals surface area contributed by atoms with Crippen molar-refractivity contribution in [2.75, 3.05) is 6.54 Å². The van der Waals surface area contributed by atoms with Crippen molar-refractivity contribution < 1.29 is 9.90 Å². The molecule has 1 aromatic heterocycles. The minimum absolute atomic E-state index is 0.491. The Bertz CT molecular complexity index is 457. The number of rotatable bonds is 5. The highest BCUT2D eigenvalue weighted by atomic mass is 16.4. The smallest absolute Gasteiger partial charge is 0.323 e. The molecular weight excluding hydrogens is 244 g/mol. The molecule has 0 aliphatic carbocycles. The zero-order valence-electron chi connectivity index (χ0n) is 11.8. The largest absolute Gasteiger partial charge is 0.480 e. The van der Waals surface area contributed by atoms with Crippen molar-refractivity contribution in [3.05, 3.63) is 12.2 Å². The molecule has 2 rings (SSSR count). The van der Waals surface area contributed by atoms with Crippen LogP contribution >= 0.6 is 0 Å². The van der Waals surface area contributed by atoms with E-state index in [1.165, 1.54) is 0 Å². The average Bonchev–Trinajstić information content (AvgIpc) is 2.88. The number of nitrogens with zero attached hydrogens (tertiary/aromatic N) is 4. The first-order valence-corrected chi connectivity index (χ1v) is 6.78. The van der Waals surface area contributed by atoms with Gasteiger partial charge in [0.1, 0.15) is 17.7 Å². The minimum Gasteiger partial charge on any atom is -0.480 e. The lowest BCUT2D eigenvalue weighted by molar-refractivity contribution is -0.149. The van der Waals surface area contributed by atoms with Crippen molar-refractivity contribution >= 4 is 5.97 Å². The fraction of sp³-hybridized carbons (Fsp3) is 0.769. The number of carboxylic acids is 1. The molecule has 1 saturated heterocycles. The molecule has 0 amide bonds. The van der Waals surface area contributed by atoms with E-state index in [1.807, 2.05) is 9.58 Å². The molecular formula is C13H22N4O2. The van der Waals surface area contributed by atoms with E-state index in [-0.39, 0.29) is 0 Å². The van der Waals surface area contributed by atoms with E-state index in [2.05, 4.69) is 23.9 Å². The lowest BCUT2D eigenvalue weighted by Gasteiger charge is -2.30. The van der Waals surface area contributed by atoms with Crippen LogP contribution in [0.2, 0.25) is 0 Å². The van der Waals surface area contributed by atoms with Gasteiger partial charge in [-0.3, -0.25) is 9.69 Å². The molecule has 2 heterocycles. The first-order chi connectivity index (χ1) is 8.93. The van der Waals surface area contributed by atoms with Crippen molar-refractivity contribution in [1.82, 2.24) is 19.7 Å². The Balaban J connectivity index is 2.13. The fourth-order valence-corrected chi connectivity index (χ4v) is 2.59. The minimum atomic E-state index is -0.769. The van der Waals surface area contributed by atoms with E-state index >= 15 is 0 Å². The van der Waals surface area contributed by atoms with Crippen LogP contribution in [-0.2, 0) is 17.9 Å². The predicted octanol–water partition coefficient (Wildman–Crippen LogP) is 1.37. The first-order valence-electron chi connectivity index (χ1n) is 6.78. The topological polar surface area (TPSA) is 71.2 Å². The standard InChI is InChI=1S/C13H22N4O2/c1-10(2)7-17-11(14-9-15-17)8-16-6-4-5-13(16,3)12(18)19/h9-10H,4-8H2,1-3H3,(H,18,19). The summed E-state index contributed by atoms with van der Waals surface area (Å²) >= 11 is 0. The summed E-state index contributed by atoms with van der Waals surface area (Å²) < 4.78 is 1.88. The number of aliphatic carboxylic acids is 1. The summed E-state index contributed by atoms with van der Waals surface area (Å²) in [6.45, 7) is 8.22. The van der Waals surface area contributed by atoms with Crippen molar-refractivity contribution in [2.45, 2.75) is 52.2 Å². The molecule has 106 valence electrons. The zero-order chi connectivity index (χ0) is 14.0. The average molecular weight is 266 g/mol. The van der Waals surface area contributed by atoms with Gasteiger partial charge in [-0.2, -0.15) is 5.10 Å². The molecule has 0 spiro atoms. The molecule has 1 fully saturated rings. The second-order valence-corrected chi connectivity index (χ2v) is 5.86. The molecule has 1 unspecified atom stereocenters. The maximum absolute atomic E-state index is 11.4. The van der Waals surface area contributed by atoms with E-state index < -0.39 is 11.5 Å². The molecule has 1 aromatic rings. The van der Waals surface area contributed by atoms with Gasteiger partial charge in [0, 0.05) is 6.54 Å². The highest BCUT2D eigenvalue weighted by Crippen LogP contribution is 2.30. The van der Waals surface area contributed by atoms with Crippen LogP contribution in [0.4, 0.5) is 0 Å². The number of hydrogen-bond donors (Lipinski definition) is 1. The van der Waals surface area contributed by atoms with Gasteiger partial charge in [0.25, 0.3) is 0 Å². The normalized spacial score (nSPS) is 24.2. The lowest BCUT2D eigenvalue weighted by Crippen LogP contribution is -2.47. The van der Waals surface area contributed by atoms with Gasteiger partial charge in [0.05, 0.1) is 6.54 Å². The lowest BCUT2D eigenvalue weighted by atomic mass is 9.99. The van der Waals surface area contributed by atoms with E-state index in [9.17, 15) is 9.90 Å². The van der Waals surface area contributed by atoms with Crippen LogP contribution in [0.3, 0.4) is 0 Å². The zero-order valence-corrected chi connectivity index (χ0v) is 11.8. The highest BCUT2D eigenvalue weighted by Gasteiger charge is 2.43. The molecule has 6 nitrogen and oxygen atoms in total. The van der Waals surface area contributed by atoms with Gasteiger partial charge in [-0.05, 0) is 32.2 Å². The number of carbonyl (C=O) groups is 1. The monoisotopic (exact) mass is 266 g/mol. The molecule has 1 aliphatic rings. The Kier molecular flexibility index (Phi) is 3.89. The highest BCUT2D eigenvalue weighted by molar-refractivity contribution is 5.78. The van der Waals surface area contributed by atoms with Crippen molar-refractivity contribution in [3.63, 3.8) is 0 Å². The van der Waals surface area contributed by atoms with Crippen LogP contribution in [0.25, 0.3) is 0 Å². The summed E-state index contributed by atoms with van der Waals surface area (Å²) in [4.78, 5) is 17.7. The Hall–Kier alpha value is -1.43. The molecule has 1 atom stereocenters. The Labute approximate surface area is 113 Å². The third-order valence-corrected chi connectivity index (χ3v) is 3.82. The van der Waals surface area contributed by atoms with E-state index in [0.29, 0.717) is 18.9 Å². The summed E-state index contributed by atoms with van der Waals surface area (Å²) in [5, 5.41) is 13.6. The van der Waals surface area contributed by atoms with Crippen LogP contribution < -0.4 is 0 Å². The maximum Gasteiger partial charge on any atom is 0.323 e. The number of likely N-dealkylation sites (tertiary alicyclic amines) is 1. The van der Waals surface area contributed by atoms with E-state index in [4.69, 9.17) is 0 Å². The third-order valence-electron chi connectivity index (χ3n) is 3.82. The van der Waals surface area contributed by atoms with Gasteiger partial charge in [-0.15, -0.1) is 0 Å². The molecule has 1 aliphatic heterocycles. The molecule has 0 aromatic carbocycles. The SMILES string of the molecule is CC(C)Cn1ncnc1CN1CCCC1(C)C(=O)O. The van der Waals surface area contributed by atoms with Crippen LogP contribution in [0.15, 0.2) is 6.33 Å². The van der Waals surface area contributed by atoms with E-state index in [1.54, 1.807) is 13.3 Å². The number of hydrogen-bond acceptors (Lipinski definition) is 4. The van der Waals surface area contributed by atoms with Crippen molar-refractivity contribution in [3.8, 4) is 0 Å². The molecule has 6 heteroatoms. The van der Waals surface area contributed by atoms with E-state index in [0.717, 1.165) is 25.3 Å². The van der Waals surface area contributed by atoms with Crippen LogP contribution in [0.5, 0.6) is 0 Å². The summed E-state index contributed by atoms with van der Waals surface area (Å²) in [5.74, 6) is 0.591. The molecule has 0 radical (unpaired) electrons. The van der Waals surface area contributed by atoms with Crippen LogP contribution in [0.1, 0.15) is 39.4 Å². The summed E-state index contributed by atoms with van der Waals surface area (Å²) in [7, 11) is 0. The number of carboxylic acid groups (broad SMARTS) is 1. The fourth-order valence-electron chi connectivity index (χ4n) is 2.59. The van der Waals surface area contributed by atoms with Gasteiger partial charge in [-0.25, -0.2) is 9.67 Å². The Morgan fingerprint density at radius 2 is 2.32 bits per heavy atom. The molecule has 19 heavy (non-hydrogen) atoms. The maximum atomic E-state index is 11.4. The summed E-state index contributed by atoms with van der Waals surface area (Å²) in [6, 6.07) is 0.